The third-order valence-electron chi connectivity index (χ3n) is 5.15. The Bertz CT molecular complexity index is 1440. The summed E-state index contributed by atoms with van der Waals surface area (Å²) in [7, 11) is 1.64. The molecule has 0 radical (unpaired) electrons. The van der Waals surface area contributed by atoms with Crippen molar-refractivity contribution in [2.24, 2.45) is 0 Å². The van der Waals surface area contributed by atoms with E-state index in [9.17, 15) is 14.4 Å². The number of benzene rings is 2. The Morgan fingerprint density at radius 3 is 2.73 bits per heavy atom. The summed E-state index contributed by atoms with van der Waals surface area (Å²) in [5.41, 5.74) is 0.912. The molecule has 2 aromatic heterocycles. The van der Waals surface area contributed by atoms with Gasteiger partial charge in [0.15, 0.2) is 5.13 Å². The Morgan fingerprint density at radius 1 is 1.18 bits per heavy atom. The largest absolute Gasteiger partial charge is 0.496 e. The van der Waals surface area contributed by atoms with Crippen molar-refractivity contribution in [3.8, 4) is 17.0 Å². The van der Waals surface area contributed by atoms with E-state index in [2.05, 4.69) is 11.7 Å². The van der Waals surface area contributed by atoms with Gasteiger partial charge in [0.05, 0.1) is 19.3 Å². The fraction of sp³-hybridized carbons (Fsp3) is 0.167. The number of carbonyl (C=O) groups excluding carboxylic acids is 1. The fourth-order valence-electron chi connectivity index (χ4n) is 3.57. The zero-order valence-electron chi connectivity index (χ0n) is 18.0. The molecule has 0 spiro atoms. The van der Waals surface area contributed by atoms with Gasteiger partial charge >= 0.3 is 0 Å². The topological polar surface area (TPSA) is 97.3 Å². The minimum Gasteiger partial charge on any atom is -0.496 e. The van der Waals surface area contributed by atoms with E-state index in [4.69, 9.17) is 9.72 Å². The fourth-order valence-corrected chi connectivity index (χ4v) is 4.42. The highest BCUT2D eigenvalue weighted by Crippen LogP contribution is 2.36. The SMILES string of the molecule is C=CCN(C(=O)CCn1[nH]c(=O)ccc1=O)c1nc(-c2ccc(OC)c3ccccc23)cs1. The summed E-state index contributed by atoms with van der Waals surface area (Å²) in [6, 6.07) is 14.1. The average Bonchev–Trinajstić information content (AvgIpc) is 3.31. The van der Waals surface area contributed by atoms with E-state index in [0.29, 0.717) is 5.13 Å². The number of aryl methyl sites for hydroxylation is 1. The molecule has 0 unspecified atom stereocenters. The molecule has 9 heteroatoms. The van der Waals surface area contributed by atoms with Crippen molar-refractivity contribution in [2.45, 2.75) is 13.0 Å². The van der Waals surface area contributed by atoms with E-state index in [1.54, 1.807) is 13.2 Å². The number of anilines is 1. The molecule has 0 aliphatic heterocycles. The van der Waals surface area contributed by atoms with Crippen LogP contribution in [0.25, 0.3) is 22.0 Å². The highest BCUT2D eigenvalue weighted by atomic mass is 32.1. The van der Waals surface area contributed by atoms with E-state index < -0.39 is 5.56 Å². The molecule has 168 valence electrons. The van der Waals surface area contributed by atoms with Crippen LogP contribution in [0.4, 0.5) is 5.13 Å². The molecule has 0 aliphatic rings. The number of aromatic amines is 1. The molecule has 8 nitrogen and oxygen atoms in total. The van der Waals surface area contributed by atoms with Crippen molar-refractivity contribution in [3.63, 3.8) is 0 Å². The van der Waals surface area contributed by atoms with Gasteiger partial charge in [-0.25, -0.2) is 9.67 Å². The average molecular weight is 463 g/mol. The van der Waals surface area contributed by atoms with Gasteiger partial charge in [-0.05, 0) is 17.5 Å². The first kappa shape index (κ1) is 22.2. The van der Waals surface area contributed by atoms with E-state index in [0.717, 1.165) is 38.5 Å². The molecule has 0 fully saturated rings. The highest BCUT2D eigenvalue weighted by molar-refractivity contribution is 7.14. The zero-order valence-corrected chi connectivity index (χ0v) is 18.8. The molecule has 4 rings (SSSR count). The van der Waals surface area contributed by atoms with E-state index in [1.807, 2.05) is 41.8 Å². The first-order valence-electron chi connectivity index (χ1n) is 10.2. The predicted molar refractivity (Wildman–Crippen MR) is 130 cm³/mol. The molecular weight excluding hydrogens is 440 g/mol. The number of nitrogens with one attached hydrogen (secondary N) is 1. The number of H-pyrrole nitrogens is 1. The second-order valence-corrected chi connectivity index (χ2v) is 8.06. The third-order valence-corrected chi connectivity index (χ3v) is 6.02. The number of nitrogens with zero attached hydrogens (tertiary/aromatic N) is 3. The van der Waals surface area contributed by atoms with Gasteiger partial charge in [0.2, 0.25) is 5.91 Å². The zero-order chi connectivity index (χ0) is 23.4. The van der Waals surface area contributed by atoms with Crippen LogP contribution < -0.4 is 20.8 Å². The summed E-state index contributed by atoms with van der Waals surface area (Å²) >= 11 is 1.36. The lowest BCUT2D eigenvalue weighted by molar-refractivity contribution is -0.118. The minimum atomic E-state index is -0.402. The van der Waals surface area contributed by atoms with Gasteiger partial charge in [0.1, 0.15) is 5.75 Å². The number of carbonyl (C=O) groups is 1. The first-order chi connectivity index (χ1) is 16.0. The third kappa shape index (κ3) is 4.63. The van der Waals surface area contributed by atoms with Gasteiger partial charge in [0, 0.05) is 41.4 Å². The minimum absolute atomic E-state index is 0.0219. The summed E-state index contributed by atoms with van der Waals surface area (Å²) in [5.74, 6) is 0.550. The Kier molecular flexibility index (Phi) is 6.50. The second-order valence-electron chi connectivity index (χ2n) is 7.22. The molecule has 0 atom stereocenters. The van der Waals surface area contributed by atoms with Crippen LogP contribution in [0.5, 0.6) is 5.75 Å². The summed E-state index contributed by atoms with van der Waals surface area (Å²) < 4.78 is 6.60. The number of methoxy groups -OCH3 is 1. The second kappa shape index (κ2) is 9.66. The monoisotopic (exact) mass is 462 g/mol. The maximum atomic E-state index is 13.0. The van der Waals surface area contributed by atoms with Crippen molar-refractivity contribution >= 4 is 33.1 Å². The lowest BCUT2D eigenvalue weighted by atomic mass is 10.0. The van der Waals surface area contributed by atoms with Crippen LogP contribution in [0.15, 0.2) is 76.2 Å². The lowest BCUT2D eigenvalue weighted by Gasteiger charge is -2.18. The molecule has 2 heterocycles. The number of hydrogen-bond donors (Lipinski definition) is 1. The Hall–Kier alpha value is -3.98. The van der Waals surface area contributed by atoms with E-state index in [-0.39, 0.29) is 31.0 Å². The predicted octanol–water partition coefficient (Wildman–Crippen LogP) is 3.43. The standard InChI is InChI=1S/C24H22N4O4S/c1-3-13-27(22(30)12-14-28-23(31)11-10-21(29)26-28)24-25-19(15-33-24)17-8-9-20(32-2)18-7-5-4-6-16(17)18/h3-11,15H,1,12-14H2,2H3,(H,26,29). The molecule has 1 amide bonds. The Labute approximate surface area is 193 Å². The Morgan fingerprint density at radius 2 is 1.97 bits per heavy atom. The Balaban J connectivity index is 1.61. The van der Waals surface area contributed by atoms with Gasteiger partial charge in [-0.15, -0.1) is 17.9 Å². The maximum absolute atomic E-state index is 13.0. The molecule has 0 aliphatic carbocycles. The van der Waals surface area contributed by atoms with E-state index >= 15 is 0 Å². The first-order valence-corrected chi connectivity index (χ1v) is 11.1. The van der Waals surface area contributed by atoms with Crippen LogP contribution in [0.3, 0.4) is 0 Å². The van der Waals surface area contributed by atoms with Crippen LogP contribution in [-0.2, 0) is 11.3 Å². The van der Waals surface area contributed by atoms with Gasteiger partial charge < -0.3 is 4.74 Å². The summed E-state index contributed by atoms with van der Waals surface area (Å²) in [6.07, 6.45) is 1.65. The number of hydrogen-bond acceptors (Lipinski definition) is 6. The number of amides is 1. The molecule has 0 saturated heterocycles. The summed E-state index contributed by atoms with van der Waals surface area (Å²) in [4.78, 5) is 42.6. The maximum Gasteiger partial charge on any atom is 0.265 e. The van der Waals surface area contributed by atoms with Crippen LogP contribution in [0.1, 0.15) is 6.42 Å². The van der Waals surface area contributed by atoms with Crippen molar-refractivity contribution in [2.75, 3.05) is 18.6 Å². The van der Waals surface area contributed by atoms with Gasteiger partial charge in [-0.2, -0.15) is 0 Å². The quantitative estimate of drug-likeness (QED) is 0.405. The smallest absolute Gasteiger partial charge is 0.265 e. The molecule has 1 N–H and O–H groups in total. The summed E-state index contributed by atoms with van der Waals surface area (Å²) in [5, 5.41) is 6.85. The molecule has 0 bridgehead atoms. The molecular formula is C24H22N4O4S. The number of ether oxygens (including phenoxy) is 1. The van der Waals surface area contributed by atoms with Crippen LogP contribution >= 0.6 is 11.3 Å². The van der Waals surface area contributed by atoms with Gasteiger partial charge in [-0.1, -0.05) is 30.3 Å². The van der Waals surface area contributed by atoms with Crippen LogP contribution in [0, 0.1) is 0 Å². The highest BCUT2D eigenvalue weighted by Gasteiger charge is 2.19. The van der Waals surface area contributed by atoms with Gasteiger partial charge in [0.25, 0.3) is 11.1 Å². The molecule has 0 saturated carbocycles. The van der Waals surface area contributed by atoms with Crippen LogP contribution in [-0.4, -0.2) is 34.3 Å². The molecule has 2 aromatic carbocycles. The molecule has 33 heavy (non-hydrogen) atoms. The van der Waals surface area contributed by atoms with Crippen molar-refractivity contribution in [3.05, 3.63) is 87.3 Å². The number of fused-ring (bicyclic) bond motifs is 1. The number of rotatable bonds is 8. The normalized spacial score (nSPS) is 10.8. The molecule has 4 aromatic rings. The lowest BCUT2D eigenvalue weighted by Crippen LogP contribution is -2.34. The summed E-state index contributed by atoms with van der Waals surface area (Å²) in [6.45, 7) is 4.08. The van der Waals surface area contributed by atoms with Crippen molar-refractivity contribution in [1.29, 1.82) is 0 Å². The van der Waals surface area contributed by atoms with Gasteiger partial charge in [-0.3, -0.25) is 24.4 Å². The van der Waals surface area contributed by atoms with Crippen molar-refractivity contribution < 1.29 is 9.53 Å². The number of thiazole rings is 1. The van der Waals surface area contributed by atoms with Crippen LogP contribution in [0.2, 0.25) is 0 Å². The van der Waals surface area contributed by atoms with Crippen molar-refractivity contribution in [1.82, 2.24) is 14.8 Å². The number of aromatic nitrogens is 3. The van der Waals surface area contributed by atoms with E-state index in [1.165, 1.54) is 22.3 Å².